The number of hydrogen-bond acceptors (Lipinski definition) is 4. The monoisotopic (exact) mass is 270 g/mol. The van der Waals surface area contributed by atoms with Crippen molar-refractivity contribution in [3.05, 3.63) is 0 Å². The van der Waals surface area contributed by atoms with Crippen LogP contribution in [0.25, 0.3) is 0 Å². The van der Waals surface area contributed by atoms with Gasteiger partial charge < -0.3 is 15.6 Å². The summed E-state index contributed by atoms with van der Waals surface area (Å²) < 4.78 is 5.90. The lowest BCUT2D eigenvalue weighted by molar-refractivity contribution is -0.112. The molecule has 1 aliphatic heterocycles. The van der Waals surface area contributed by atoms with Gasteiger partial charge in [0.1, 0.15) is 0 Å². The molecule has 3 N–H and O–H groups in total. The van der Waals surface area contributed by atoms with Crippen LogP contribution in [0.1, 0.15) is 46.0 Å². The van der Waals surface area contributed by atoms with Crippen molar-refractivity contribution in [3.8, 4) is 0 Å². The molecule has 1 aliphatic carbocycles. The number of rotatable bonds is 5. The molecule has 1 saturated carbocycles. The van der Waals surface area contributed by atoms with Crippen LogP contribution in [0.2, 0.25) is 0 Å². The Bertz CT molecular complexity index is 271. The number of hydrogen-bond donors (Lipinski definition) is 2. The third-order valence-corrected chi connectivity index (χ3v) is 4.63. The zero-order chi connectivity index (χ0) is 13.8. The molecule has 4 atom stereocenters. The first kappa shape index (κ1) is 15.2. The van der Waals surface area contributed by atoms with Crippen LogP contribution in [0.3, 0.4) is 0 Å². The minimum atomic E-state index is 0.0608. The van der Waals surface area contributed by atoms with Gasteiger partial charge in [-0.25, -0.2) is 0 Å². The van der Waals surface area contributed by atoms with Crippen molar-refractivity contribution in [2.24, 2.45) is 11.7 Å². The number of fused-ring (bicyclic) bond motifs is 1. The first-order chi connectivity index (χ1) is 9.13. The number of aliphatic hydroxyl groups excluding tert-OH is 1. The molecule has 0 spiro atoms. The molecule has 19 heavy (non-hydrogen) atoms. The minimum Gasteiger partial charge on any atom is -0.395 e. The largest absolute Gasteiger partial charge is 0.395 e. The third-order valence-electron chi connectivity index (χ3n) is 4.63. The smallest absolute Gasteiger partial charge is 0.0731 e. The van der Waals surface area contributed by atoms with Crippen LogP contribution in [-0.4, -0.2) is 54.0 Å². The molecule has 0 aromatic rings. The van der Waals surface area contributed by atoms with Gasteiger partial charge in [0, 0.05) is 24.7 Å². The van der Waals surface area contributed by atoms with E-state index in [0.29, 0.717) is 18.1 Å². The van der Waals surface area contributed by atoms with Crippen molar-refractivity contribution in [1.29, 1.82) is 0 Å². The molecule has 4 unspecified atom stereocenters. The summed E-state index contributed by atoms with van der Waals surface area (Å²) >= 11 is 0. The van der Waals surface area contributed by atoms with E-state index in [1.807, 2.05) is 0 Å². The molecule has 112 valence electrons. The second kappa shape index (κ2) is 7.02. The number of morpholine rings is 1. The highest BCUT2D eigenvalue weighted by Gasteiger charge is 2.39. The summed E-state index contributed by atoms with van der Waals surface area (Å²) in [5.74, 6) is 0.576. The molecule has 4 nitrogen and oxygen atoms in total. The highest BCUT2D eigenvalue weighted by atomic mass is 16.5. The number of nitrogens with zero attached hydrogens (tertiary/aromatic N) is 1. The lowest BCUT2D eigenvalue weighted by Gasteiger charge is -2.48. The Hall–Kier alpha value is -0.160. The van der Waals surface area contributed by atoms with Gasteiger partial charge >= 0.3 is 0 Å². The van der Waals surface area contributed by atoms with Gasteiger partial charge in [-0.2, -0.15) is 0 Å². The lowest BCUT2D eigenvalue weighted by Crippen LogP contribution is -2.61. The highest BCUT2D eigenvalue weighted by molar-refractivity contribution is 4.93. The van der Waals surface area contributed by atoms with Crippen LogP contribution in [0.15, 0.2) is 0 Å². The van der Waals surface area contributed by atoms with Crippen LogP contribution in [0, 0.1) is 5.92 Å². The Morgan fingerprint density at radius 2 is 2.05 bits per heavy atom. The van der Waals surface area contributed by atoms with Gasteiger partial charge in [-0.1, -0.05) is 26.7 Å². The van der Waals surface area contributed by atoms with Gasteiger partial charge in [0.25, 0.3) is 0 Å². The summed E-state index contributed by atoms with van der Waals surface area (Å²) in [4.78, 5) is 2.44. The predicted octanol–water partition coefficient (Wildman–Crippen LogP) is 1.36. The van der Waals surface area contributed by atoms with Gasteiger partial charge in [0.15, 0.2) is 0 Å². The lowest BCUT2D eigenvalue weighted by atomic mass is 9.87. The maximum absolute atomic E-state index is 9.79. The summed E-state index contributed by atoms with van der Waals surface area (Å²) in [7, 11) is 0. The molecule has 2 aliphatic rings. The highest BCUT2D eigenvalue weighted by Crippen LogP contribution is 2.30. The fourth-order valence-corrected chi connectivity index (χ4v) is 3.73. The average Bonchev–Trinajstić information content (AvgIpc) is 2.39. The number of aliphatic hydroxyl groups is 1. The van der Waals surface area contributed by atoms with Crippen molar-refractivity contribution in [1.82, 2.24) is 4.90 Å². The summed E-state index contributed by atoms with van der Waals surface area (Å²) in [6.07, 6.45) is 6.24. The fourth-order valence-electron chi connectivity index (χ4n) is 3.73. The minimum absolute atomic E-state index is 0.0608. The van der Waals surface area contributed by atoms with Gasteiger partial charge in [-0.05, 0) is 25.2 Å². The zero-order valence-corrected chi connectivity index (χ0v) is 12.4. The first-order valence-electron chi connectivity index (χ1n) is 7.87. The van der Waals surface area contributed by atoms with Crippen LogP contribution in [0.5, 0.6) is 0 Å². The van der Waals surface area contributed by atoms with E-state index in [2.05, 4.69) is 18.7 Å². The van der Waals surface area contributed by atoms with Crippen molar-refractivity contribution in [3.63, 3.8) is 0 Å². The standard InChI is InChI=1S/C15H30N2O2/c1-11(2)9-12(16)14(10-18)17-7-8-19-15-6-4-3-5-13(15)17/h11-15,18H,3-10,16H2,1-2H3. The van der Waals surface area contributed by atoms with E-state index in [1.54, 1.807) is 0 Å². The van der Waals surface area contributed by atoms with E-state index >= 15 is 0 Å². The van der Waals surface area contributed by atoms with E-state index < -0.39 is 0 Å². The van der Waals surface area contributed by atoms with Gasteiger partial charge in [0.05, 0.1) is 19.3 Å². The van der Waals surface area contributed by atoms with Crippen molar-refractivity contribution in [2.45, 2.75) is 70.2 Å². The Morgan fingerprint density at radius 1 is 1.32 bits per heavy atom. The van der Waals surface area contributed by atoms with E-state index in [0.717, 1.165) is 19.6 Å². The summed E-state index contributed by atoms with van der Waals surface area (Å²) in [6, 6.07) is 0.625. The molecule has 2 fully saturated rings. The summed E-state index contributed by atoms with van der Waals surface area (Å²) in [6.45, 7) is 6.25. The van der Waals surface area contributed by atoms with Gasteiger partial charge in [0.2, 0.25) is 0 Å². The second-order valence-corrected chi connectivity index (χ2v) is 6.54. The molecule has 1 heterocycles. The van der Waals surface area contributed by atoms with Crippen LogP contribution >= 0.6 is 0 Å². The van der Waals surface area contributed by atoms with E-state index in [9.17, 15) is 5.11 Å². The van der Waals surface area contributed by atoms with Crippen LogP contribution in [0.4, 0.5) is 0 Å². The van der Waals surface area contributed by atoms with Crippen LogP contribution < -0.4 is 5.73 Å². The normalized spacial score (nSPS) is 32.1. The van der Waals surface area contributed by atoms with Gasteiger partial charge in [-0.3, -0.25) is 4.90 Å². The van der Waals surface area contributed by atoms with E-state index in [1.165, 1.54) is 25.7 Å². The molecule has 0 bridgehead atoms. The molecule has 1 saturated heterocycles. The molecule has 4 heteroatoms. The SMILES string of the molecule is CC(C)CC(N)C(CO)N1CCOC2CCCCC21. The zero-order valence-electron chi connectivity index (χ0n) is 12.4. The van der Waals surface area contributed by atoms with E-state index in [4.69, 9.17) is 10.5 Å². The topological polar surface area (TPSA) is 58.7 Å². The number of ether oxygens (including phenoxy) is 1. The Morgan fingerprint density at radius 3 is 2.74 bits per heavy atom. The van der Waals surface area contributed by atoms with Gasteiger partial charge in [-0.15, -0.1) is 0 Å². The van der Waals surface area contributed by atoms with Crippen molar-refractivity contribution < 1.29 is 9.84 Å². The van der Waals surface area contributed by atoms with E-state index in [-0.39, 0.29) is 18.7 Å². The molecule has 0 aromatic carbocycles. The van der Waals surface area contributed by atoms with Crippen LogP contribution in [-0.2, 0) is 4.74 Å². The Kier molecular flexibility index (Phi) is 5.63. The Labute approximate surface area is 117 Å². The predicted molar refractivity (Wildman–Crippen MR) is 77.0 cm³/mol. The molecule has 0 radical (unpaired) electrons. The summed E-state index contributed by atoms with van der Waals surface area (Å²) in [5.41, 5.74) is 6.34. The number of nitrogens with two attached hydrogens (primary N) is 1. The quantitative estimate of drug-likeness (QED) is 0.792. The summed E-state index contributed by atoms with van der Waals surface area (Å²) in [5, 5.41) is 9.79. The Balaban J connectivity index is 2.03. The van der Waals surface area contributed by atoms with Crippen molar-refractivity contribution >= 4 is 0 Å². The molecule has 2 rings (SSSR count). The first-order valence-corrected chi connectivity index (χ1v) is 7.87. The molecular formula is C15H30N2O2. The van der Waals surface area contributed by atoms with Crippen molar-refractivity contribution in [2.75, 3.05) is 19.8 Å². The molecular weight excluding hydrogens is 240 g/mol. The fraction of sp³-hybridized carbons (Fsp3) is 1.00. The molecule has 0 amide bonds. The average molecular weight is 270 g/mol. The molecule has 0 aromatic heterocycles. The maximum Gasteiger partial charge on any atom is 0.0731 e. The third kappa shape index (κ3) is 3.69. The second-order valence-electron chi connectivity index (χ2n) is 6.54. The maximum atomic E-state index is 9.79.